The molecule has 2 atom stereocenters. The standard InChI is InChI=1S/C13H23N3O/c1-9(8-14)11-15-12(17-16-11)10-6-4-5-7-13(10,2)3/h9-10H,4-8,14H2,1-3H3. The molecule has 4 heteroatoms. The van der Waals surface area contributed by atoms with Crippen molar-refractivity contribution in [3.8, 4) is 0 Å². The van der Waals surface area contributed by atoms with Gasteiger partial charge in [0.05, 0.1) is 0 Å². The first-order valence-corrected chi connectivity index (χ1v) is 6.58. The number of rotatable bonds is 3. The summed E-state index contributed by atoms with van der Waals surface area (Å²) in [5, 5.41) is 4.06. The Bertz CT molecular complexity index is 372. The molecule has 2 unspecified atom stereocenters. The van der Waals surface area contributed by atoms with Crippen LogP contribution in [0.3, 0.4) is 0 Å². The average molecular weight is 237 g/mol. The van der Waals surface area contributed by atoms with Crippen LogP contribution in [-0.2, 0) is 0 Å². The summed E-state index contributed by atoms with van der Waals surface area (Å²) in [6.45, 7) is 7.19. The summed E-state index contributed by atoms with van der Waals surface area (Å²) in [6.07, 6.45) is 4.97. The smallest absolute Gasteiger partial charge is 0.230 e. The lowest BCUT2D eigenvalue weighted by atomic mass is 9.69. The Labute approximate surface area is 103 Å². The highest BCUT2D eigenvalue weighted by Gasteiger charge is 2.37. The monoisotopic (exact) mass is 237 g/mol. The van der Waals surface area contributed by atoms with E-state index < -0.39 is 0 Å². The second-order valence-corrected chi connectivity index (χ2v) is 5.91. The van der Waals surface area contributed by atoms with Crippen LogP contribution in [0.4, 0.5) is 0 Å². The maximum absolute atomic E-state index is 5.62. The molecule has 0 aliphatic heterocycles. The molecule has 0 saturated heterocycles. The summed E-state index contributed by atoms with van der Waals surface area (Å²) in [7, 11) is 0. The lowest BCUT2D eigenvalue weighted by Crippen LogP contribution is -2.26. The first-order chi connectivity index (χ1) is 8.04. The molecule has 1 aliphatic carbocycles. The lowest BCUT2D eigenvalue weighted by Gasteiger charge is -2.36. The van der Waals surface area contributed by atoms with Crippen LogP contribution in [-0.4, -0.2) is 16.7 Å². The third-order valence-electron chi connectivity index (χ3n) is 4.06. The van der Waals surface area contributed by atoms with Crippen LogP contribution in [0.1, 0.15) is 70.0 Å². The zero-order valence-electron chi connectivity index (χ0n) is 11.1. The number of hydrogen-bond acceptors (Lipinski definition) is 4. The third-order valence-corrected chi connectivity index (χ3v) is 4.06. The van der Waals surface area contributed by atoms with Gasteiger partial charge in [-0.2, -0.15) is 4.98 Å². The summed E-state index contributed by atoms with van der Waals surface area (Å²) >= 11 is 0. The molecular formula is C13H23N3O. The molecule has 4 nitrogen and oxygen atoms in total. The molecule has 0 spiro atoms. The van der Waals surface area contributed by atoms with E-state index in [4.69, 9.17) is 10.3 Å². The van der Waals surface area contributed by atoms with E-state index in [1.54, 1.807) is 0 Å². The Balaban J connectivity index is 2.18. The normalized spacial score (nSPS) is 25.8. The zero-order chi connectivity index (χ0) is 12.5. The molecule has 2 N–H and O–H groups in total. The Kier molecular flexibility index (Phi) is 3.52. The van der Waals surface area contributed by atoms with Gasteiger partial charge in [-0.25, -0.2) is 0 Å². The molecule has 0 aromatic carbocycles. The second kappa shape index (κ2) is 4.77. The lowest BCUT2D eigenvalue weighted by molar-refractivity contribution is 0.164. The van der Waals surface area contributed by atoms with E-state index in [2.05, 4.69) is 24.0 Å². The minimum absolute atomic E-state index is 0.180. The van der Waals surface area contributed by atoms with Gasteiger partial charge in [0.25, 0.3) is 0 Å². The van der Waals surface area contributed by atoms with E-state index in [0.29, 0.717) is 12.5 Å². The van der Waals surface area contributed by atoms with Gasteiger partial charge in [0.2, 0.25) is 5.89 Å². The van der Waals surface area contributed by atoms with Gasteiger partial charge in [-0.05, 0) is 18.3 Å². The Morgan fingerprint density at radius 2 is 2.24 bits per heavy atom. The van der Waals surface area contributed by atoms with Crippen molar-refractivity contribution in [2.24, 2.45) is 11.1 Å². The predicted octanol–water partition coefficient (Wildman–Crippen LogP) is 2.82. The molecule has 0 radical (unpaired) electrons. The number of nitrogens with zero attached hydrogens (tertiary/aromatic N) is 2. The molecule has 1 saturated carbocycles. The molecule has 96 valence electrons. The molecule has 1 fully saturated rings. The summed E-state index contributed by atoms with van der Waals surface area (Å²) in [4.78, 5) is 4.54. The van der Waals surface area contributed by atoms with Gasteiger partial charge in [-0.15, -0.1) is 0 Å². The molecule has 1 heterocycles. The minimum atomic E-state index is 0.180. The van der Waals surface area contributed by atoms with Gasteiger partial charge in [-0.1, -0.05) is 38.8 Å². The Morgan fingerprint density at radius 3 is 2.88 bits per heavy atom. The maximum Gasteiger partial charge on any atom is 0.230 e. The quantitative estimate of drug-likeness (QED) is 0.878. The highest BCUT2D eigenvalue weighted by molar-refractivity contribution is 5.04. The van der Waals surface area contributed by atoms with Crippen molar-refractivity contribution in [3.63, 3.8) is 0 Å². The van der Waals surface area contributed by atoms with Crippen LogP contribution in [0.2, 0.25) is 0 Å². The van der Waals surface area contributed by atoms with E-state index in [-0.39, 0.29) is 11.3 Å². The van der Waals surface area contributed by atoms with Crippen molar-refractivity contribution in [1.29, 1.82) is 0 Å². The molecule has 2 rings (SSSR count). The van der Waals surface area contributed by atoms with Crippen LogP contribution in [0.25, 0.3) is 0 Å². The van der Waals surface area contributed by atoms with Gasteiger partial charge < -0.3 is 10.3 Å². The predicted molar refractivity (Wildman–Crippen MR) is 66.8 cm³/mol. The summed E-state index contributed by atoms with van der Waals surface area (Å²) < 4.78 is 5.45. The topological polar surface area (TPSA) is 64.9 Å². The SMILES string of the molecule is CC(CN)c1noc(C2CCCCC2(C)C)n1. The van der Waals surface area contributed by atoms with E-state index >= 15 is 0 Å². The molecule has 1 aliphatic rings. The van der Waals surface area contributed by atoms with Gasteiger partial charge in [-0.3, -0.25) is 0 Å². The van der Waals surface area contributed by atoms with E-state index in [1.165, 1.54) is 19.3 Å². The zero-order valence-corrected chi connectivity index (χ0v) is 11.1. The fourth-order valence-corrected chi connectivity index (χ4v) is 2.65. The van der Waals surface area contributed by atoms with Crippen molar-refractivity contribution in [2.75, 3.05) is 6.54 Å². The van der Waals surface area contributed by atoms with E-state index in [9.17, 15) is 0 Å². The van der Waals surface area contributed by atoms with Gasteiger partial charge >= 0.3 is 0 Å². The van der Waals surface area contributed by atoms with Gasteiger partial charge in [0, 0.05) is 18.4 Å². The molecule has 17 heavy (non-hydrogen) atoms. The van der Waals surface area contributed by atoms with Crippen LogP contribution >= 0.6 is 0 Å². The Hall–Kier alpha value is -0.900. The number of hydrogen-bond donors (Lipinski definition) is 1. The summed E-state index contributed by atoms with van der Waals surface area (Å²) in [5.74, 6) is 2.15. The second-order valence-electron chi connectivity index (χ2n) is 5.91. The highest BCUT2D eigenvalue weighted by Crippen LogP contribution is 2.46. The first kappa shape index (κ1) is 12.6. The molecule has 1 aromatic rings. The number of nitrogens with two attached hydrogens (primary N) is 1. The molecular weight excluding hydrogens is 214 g/mol. The fourth-order valence-electron chi connectivity index (χ4n) is 2.65. The van der Waals surface area contributed by atoms with Crippen molar-refractivity contribution in [3.05, 3.63) is 11.7 Å². The van der Waals surface area contributed by atoms with Crippen molar-refractivity contribution in [1.82, 2.24) is 10.1 Å². The summed E-state index contributed by atoms with van der Waals surface area (Å²) in [5.41, 5.74) is 5.90. The van der Waals surface area contributed by atoms with Crippen LogP contribution in [0.5, 0.6) is 0 Å². The number of aromatic nitrogens is 2. The van der Waals surface area contributed by atoms with Crippen molar-refractivity contribution < 1.29 is 4.52 Å². The minimum Gasteiger partial charge on any atom is -0.339 e. The van der Waals surface area contributed by atoms with Gasteiger partial charge in [0.15, 0.2) is 5.82 Å². The van der Waals surface area contributed by atoms with E-state index in [0.717, 1.165) is 18.1 Å². The molecule has 1 aromatic heterocycles. The average Bonchev–Trinajstić information content (AvgIpc) is 2.76. The van der Waals surface area contributed by atoms with Crippen molar-refractivity contribution >= 4 is 0 Å². The fraction of sp³-hybridized carbons (Fsp3) is 0.846. The molecule has 0 bridgehead atoms. The van der Waals surface area contributed by atoms with Crippen LogP contribution in [0.15, 0.2) is 4.52 Å². The largest absolute Gasteiger partial charge is 0.339 e. The third kappa shape index (κ3) is 2.51. The summed E-state index contributed by atoms with van der Waals surface area (Å²) in [6, 6.07) is 0. The highest BCUT2D eigenvalue weighted by atomic mass is 16.5. The van der Waals surface area contributed by atoms with E-state index in [1.807, 2.05) is 6.92 Å². The Morgan fingerprint density at radius 1 is 1.47 bits per heavy atom. The first-order valence-electron chi connectivity index (χ1n) is 6.58. The molecule has 0 amide bonds. The van der Waals surface area contributed by atoms with Crippen molar-refractivity contribution in [2.45, 2.75) is 58.3 Å². The van der Waals surface area contributed by atoms with Crippen LogP contribution < -0.4 is 5.73 Å². The maximum atomic E-state index is 5.62. The van der Waals surface area contributed by atoms with Gasteiger partial charge in [0.1, 0.15) is 0 Å². The van der Waals surface area contributed by atoms with Crippen LogP contribution in [0, 0.1) is 5.41 Å².